The van der Waals surface area contributed by atoms with E-state index in [9.17, 15) is 4.79 Å². The average Bonchev–Trinajstić information content (AvgIpc) is 3.17. The molecule has 2 heterocycles. The number of nitrogen functional groups attached to an aromatic ring is 1. The molecule has 21 heavy (non-hydrogen) atoms. The number of nitrogens with two attached hydrogens (primary N) is 1. The maximum Gasteiger partial charge on any atom is 0.268 e. The summed E-state index contributed by atoms with van der Waals surface area (Å²) in [7, 11) is 0. The van der Waals surface area contributed by atoms with Crippen LogP contribution < -0.4 is 11.3 Å². The third kappa shape index (κ3) is 2.99. The minimum atomic E-state index is -0.308. The van der Waals surface area contributed by atoms with Crippen LogP contribution in [0.15, 0.2) is 47.1 Å². The highest BCUT2D eigenvalue weighted by molar-refractivity contribution is 5.94. The number of furan rings is 1. The van der Waals surface area contributed by atoms with Gasteiger partial charge >= 0.3 is 0 Å². The molecule has 110 valence electrons. The SMILES string of the molecule is NNC(=O)c1ccoc1CN1CCC(c2ccccc2)C1. The summed E-state index contributed by atoms with van der Waals surface area (Å²) in [6, 6.07) is 12.2. The Morgan fingerprint density at radius 2 is 2.14 bits per heavy atom. The van der Waals surface area contributed by atoms with Gasteiger partial charge in [0.05, 0.1) is 18.4 Å². The molecule has 2 aromatic rings. The van der Waals surface area contributed by atoms with Gasteiger partial charge in [-0.05, 0) is 30.5 Å². The summed E-state index contributed by atoms with van der Waals surface area (Å²) >= 11 is 0. The Bertz CT molecular complexity index is 609. The topological polar surface area (TPSA) is 71.5 Å². The number of hydrazine groups is 1. The van der Waals surface area contributed by atoms with Crippen molar-refractivity contribution in [3.05, 3.63) is 59.5 Å². The number of carbonyl (C=O) groups excluding carboxylic acids is 1. The van der Waals surface area contributed by atoms with Gasteiger partial charge in [-0.2, -0.15) is 0 Å². The van der Waals surface area contributed by atoms with Gasteiger partial charge in [0.25, 0.3) is 5.91 Å². The first-order chi connectivity index (χ1) is 10.3. The zero-order valence-electron chi connectivity index (χ0n) is 11.8. The molecule has 1 aromatic carbocycles. The number of hydrogen-bond donors (Lipinski definition) is 2. The molecular formula is C16H19N3O2. The molecule has 0 aliphatic carbocycles. The van der Waals surface area contributed by atoms with E-state index in [2.05, 4.69) is 34.6 Å². The Morgan fingerprint density at radius 3 is 2.90 bits per heavy atom. The normalized spacial score (nSPS) is 18.8. The third-order valence-corrected chi connectivity index (χ3v) is 4.03. The molecule has 0 bridgehead atoms. The molecule has 1 atom stereocenters. The van der Waals surface area contributed by atoms with Crippen molar-refractivity contribution in [1.82, 2.24) is 10.3 Å². The molecule has 1 saturated heterocycles. The van der Waals surface area contributed by atoms with E-state index in [4.69, 9.17) is 10.3 Å². The Balaban J connectivity index is 1.65. The first kappa shape index (κ1) is 13.9. The maximum atomic E-state index is 11.6. The highest BCUT2D eigenvalue weighted by atomic mass is 16.3. The third-order valence-electron chi connectivity index (χ3n) is 4.03. The van der Waals surface area contributed by atoms with Crippen molar-refractivity contribution in [2.24, 2.45) is 5.84 Å². The van der Waals surface area contributed by atoms with Crippen molar-refractivity contribution in [1.29, 1.82) is 0 Å². The van der Waals surface area contributed by atoms with Gasteiger partial charge in [-0.3, -0.25) is 15.1 Å². The number of benzene rings is 1. The van der Waals surface area contributed by atoms with E-state index in [1.54, 1.807) is 6.07 Å². The highest BCUT2D eigenvalue weighted by Crippen LogP contribution is 2.28. The van der Waals surface area contributed by atoms with Gasteiger partial charge in [0.15, 0.2) is 0 Å². The van der Waals surface area contributed by atoms with Gasteiger partial charge in [-0.25, -0.2) is 5.84 Å². The fourth-order valence-electron chi connectivity index (χ4n) is 2.92. The predicted molar refractivity (Wildman–Crippen MR) is 79.4 cm³/mol. The Hall–Kier alpha value is -2.11. The molecule has 0 spiro atoms. The van der Waals surface area contributed by atoms with Crippen molar-refractivity contribution in [3.8, 4) is 0 Å². The number of rotatable bonds is 4. The first-order valence-electron chi connectivity index (χ1n) is 7.12. The lowest BCUT2D eigenvalue weighted by molar-refractivity contribution is 0.0950. The van der Waals surface area contributed by atoms with Crippen LogP contribution in [0.25, 0.3) is 0 Å². The van der Waals surface area contributed by atoms with Gasteiger partial charge in [-0.1, -0.05) is 30.3 Å². The van der Waals surface area contributed by atoms with E-state index in [1.807, 2.05) is 6.07 Å². The van der Waals surface area contributed by atoms with Crippen LogP contribution in [-0.2, 0) is 6.54 Å². The number of nitrogens with one attached hydrogen (secondary N) is 1. The van der Waals surface area contributed by atoms with Crippen molar-refractivity contribution in [2.75, 3.05) is 13.1 Å². The molecular weight excluding hydrogens is 266 g/mol. The minimum Gasteiger partial charge on any atom is -0.467 e. The smallest absolute Gasteiger partial charge is 0.268 e. The lowest BCUT2D eigenvalue weighted by atomic mass is 9.99. The van der Waals surface area contributed by atoms with E-state index in [-0.39, 0.29) is 5.91 Å². The Kier molecular flexibility index (Phi) is 4.03. The van der Waals surface area contributed by atoms with Crippen LogP contribution in [0.1, 0.15) is 34.0 Å². The van der Waals surface area contributed by atoms with Crippen LogP contribution in [-0.4, -0.2) is 23.9 Å². The van der Waals surface area contributed by atoms with E-state index in [1.165, 1.54) is 11.8 Å². The second kappa shape index (κ2) is 6.11. The number of hydrogen-bond acceptors (Lipinski definition) is 4. The average molecular weight is 285 g/mol. The summed E-state index contributed by atoms with van der Waals surface area (Å²) in [5, 5.41) is 0. The monoisotopic (exact) mass is 285 g/mol. The predicted octanol–water partition coefficient (Wildman–Crippen LogP) is 1.87. The summed E-state index contributed by atoms with van der Waals surface area (Å²) in [5.74, 6) is 6.10. The first-order valence-corrected chi connectivity index (χ1v) is 7.12. The van der Waals surface area contributed by atoms with Crippen molar-refractivity contribution < 1.29 is 9.21 Å². The summed E-state index contributed by atoms with van der Waals surface area (Å²) in [6.07, 6.45) is 2.66. The Morgan fingerprint density at radius 1 is 1.33 bits per heavy atom. The van der Waals surface area contributed by atoms with Crippen molar-refractivity contribution in [3.63, 3.8) is 0 Å². The molecule has 1 aliphatic heterocycles. The van der Waals surface area contributed by atoms with Gasteiger partial charge in [0.1, 0.15) is 5.76 Å². The van der Waals surface area contributed by atoms with Crippen LogP contribution in [0.3, 0.4) is 0 Å². The van der Waals surface area contributed by atoms with Gasteiger partial charge in [0, 0.05) is 6.54 Å². The lowest BCUT2D eigenvalue weighted by Gasteiger charge is -2.15. The molecule has 3 rings (SSSR count). The maximum absolute atomic E-state index is 11.6. The van der Waals surface area contributed by atoms with Crippen LogP contribution in [0, 0.1) is 0 Å². The second-order valence-electron chi connectivity index (χ2n) is 5.36. The number of nitrogens with zero attached hydrogens (tertiary/aromatic N) is 1. The van der Waals surface area contributed by atoms with E-state index in [0.29, 0.717) is 23.8 Å². The molecule has 0 saturated carbocycles. The fraction of sp³-hybridized carbons (Fsp3) is 0.312. The van der Waals surface area contributed by atoms with Crippen molar-refractivity contribution >= 4 is 5.91 Å². The van der Waals surface area contributed by atoms with Gasteiger partial charge in [0.2, 0.25) is 0 Å². The van der Waals surface area contributed by atoms with E-state index < -0.39 is 0 Å². The van der Waals surface area contributed by atoms with Gasteiger partial charge in [-0.15, -0.1) is 0 Å². The molecule has 1 fully saturated rings. The van der Waals surface area contributed by atoms with Crippen LogP contribution >= 0.6 is 0 Å². The molecule has 1 aromatic heterocycles. The summed E-state index contributed by atoms with van der Waals surface area (Å²) in [4.78, 5) is 13.9. The number of carbonyl (C=O) groups is 1. The van der Waals surface area contributed by atoms with Crippen LogP contribution in [0.2, 0.25) is 0 Å². The molecule has 1 unspecified atom stereocenters. The molecule has 5 heteroatoms. The van der Waals surface area contributed by atoms with Gasteiger partial charge < -0.3 is 4.42 Å². The number of amides is 1. The number of likely N-dealkylation sites (tertiary alicyclic amines) is 1. The minimum absolute atomic E-state index is 0.308. The zero-order chi connectivity index (χ0) is 14.7. The molecule has 1 aliphatic rings. The summed E-state index contributed by atoms with van der Waals surface area (Å²) in [5.41, 5.74) is 4.04. The Labute approximate surface area is 123 Å². The standard InChI is InChI=1S/C16H19N3O2/c17-18-16(20)14-7-9-21-15(14)11-19-8-6-13(10-19)12-4-2-1-3-5-12/h1-5,7,9,13H,6,8,10-11,17H2,(H,18,20). The van der Waals surface area contributed by atoms with Crippen LogP contribution in [0.4, 0.5) is 0 Å². The fourth-order valence-corrected chi connectivity index (χ4v) is 2.92. The largest absolute Gasteiger partial charge is 0.467 e. The highest BCUT2D eigenvalue weighted by Gasteiger charge is 2.25. The summed E-state index contributed by atoms with van der Waals surface area (Å²) in [6.45, 7) is 2.62. The lowest BCUT2D eigenvalue weighted by Crippen LogP contribution is -2.31. The van der Waals surface area contributed by atoms with Crippen molar-refractivity contribution in [2.45, 2.75) is 18.9 Å². The zero-order valence-corrected chi connectivity index (χ0v) is 11.8. The molecule has 1 amide bonds. The van der Waals surface area contributed by atoms with E-state index in [0.717, 1.165) is 19.5 Å². The second-order valence-corrected chi connectivity index (χ2v) is 5.36. The molecule has 3 N–H and O–H groups in total. The molecule has 0 radical (unpaired) electrons. The van der Waals surface area contributed by atoms with Crippen LogP contribution in [0.5, 0.6) is 0 Å². The van der Waals surface area contributed by atoms with E-state index >= 15 is 0 Å². The quantitative estimate of drug-likeness (QED) is 0.511. The summed E-state index contributed by atoms with van der Waals surface area (Å²) < 4.78 is 5.43. The molecule has 5 nitrogen and oxygen atoms in total.